The normalized spacial score (nSPS) is 11.6. The molecule has 0 N–H and O–H groups in total. The molecule has 0 atom stereocenters. The third-order valence-corrected chi connectivity index (χ3v) is 8.11. The van der Waals surface area contributed by atoms with Crippen molar-refractivity contribution in [3.05, 3.63) is 140 Å². The maximum atomic E-state index is 6.23. The first-order chi connectivity index (χ1) is 21.8. The highest BCUT2D eigenvalue weighted by Gasteiger charge is 2.18. The molecule has 0 radical (unpaired) electrons. The highest BCUT2D eigenvalue weighted by atomic mass is 16.3. The Morgan fingerprint density at radius 1 is 0.432 bits per heavy atom. The zero-order valence-electron chi connectivity index (χ0n) is 23.4. The van der Waals surface area contributed by atoms with Gasteiger partial charge in [-0.1, -0.05) is 97.1 Å². The first-order valence-corrected chi connectivity index (χ1v) is 14.5. The molecule has 0 saturated carbocycles. The van der Waals surface area contributed by atoms with E-state index in [0.717, 1.165) is 66.3 Å². The second-order valence-corrected chi connectivity index (χ2v) is 10.8. The summed E-state index contributed by atoms with van der Waals surface area (Å²) in [6.45, 7) is 0. The summed E-state index contributed by atoms with van der Waals surface area (Å²) in [5.74, 6) is 2.63. The van der Waals surface area contributed by atoms with Gasteiger partial charge in [0.15, 0.2) is 17.5 Å². The van der Waals surface area contributed by atoms with Crippen molar-refractivity contribution in [2.75, 3.05) is 0 Å². The van der Waals surface area contributed by atoms with Crippen molar-refractivity contribution in [3.8, 4) is 40.0 Å². The molecule has 5 aromatic carbocycles. The van der Waals surface area contributed by atoms with Crippen LogP contribution < -0.4 is 0 Å². The Morgan fingerprint density at radius 2 is 1.05 bits per heavy atom. The first-order valence-electron chi connectivity index (χ1n) is 14.5. The summed E-state index contributed by atoms with van der Waals surface area (Å²) in [7, 11) is 0. The number of fused-ring (bicyclic) bond motifs is 6. The smallest absolute Gasteiger partial charge is 0.165 e. The van der Waals surface area contributed by atoms with Crippen molar-refractivity contribution in [2.45, 2.75) is 0 Å². The van der Waals surface area contributed by atoms with Crippen molar-refractivity contribution in [1.82, 2.24) is 24.5 Å². The highest BCUT2D eigenvalue weighted by Crippen LogP contribution is 2.38. The van der Waals surface area contributed by atoms with Gasteiger partial charge in [0, 0.05) is 44.4 Å². The molecule has 4 aromatic heterocycles. The minimum Gasteiger partial charge on any atom is -0.456 e. The minimum absolute atomic E-state index is 0.575. The lowest BCUT2D eigenvalue weighted by atomic mass is 10.1. The Bertz CT molecular complexity index is 2420. The second kappa shape index (κ2) is 9.71. The van der Waals surface area contributed by atoms with E-state index >= 15 is 0 Å². The van der Waals surface area contributed by atoms with Gasteiger partial charge in [-0.15, -0.1) is 0 Å². The molecule has 0 amide bonds. The number of hydrogen-bond donors (Lipinski definition) is 0. The Morgan fingerprint density at radius 3 is 1.73 bits per heavy atom. The third-order valence-electron chi connectivity index (χ3n) is 8.11. The molecular weight excluding hydrogens is 542 g/mol. The first kappa shape index (κ1) is 24.5. The van der Waals surface area contributed by atoms with Crippen LogP contribution in [0.5, 0.6) is 0 Å². The predicted molar refractivity (Wildman–Crippen MR) is 176 cm³/mol. The van der Waals surface area contributed by atoms with E-state index in [1.165, 1.54) is 0 Å². The van der Waals surface area contributed by atoms with E-state index in [9.17, 15) is 0 Å². The molecule has 0 spiro atoms. The molecule has 9 aromatic rings. The number of nitrogens with zero attached hydrogens (tertiary/aromatic N) is 5. The molecule has 44 heavy (non-hydrogen) atoms. The molecule has 0 aliphatic rings. The predicted octanol–water partition coefficient (Wildman–Crippen LogP) is 9.26. The van der Waals surface area contributed by atoms with Gasteiger partial charge in [-0.2, -0.15) is 0 Å². The summed E-state index contributed by atoms with van der Waals surface area (Å²) < 4.78 is 8.44. The average molecular weight is 566 g/mol. The van der Waals surface area contributed by atoms with E-state index in [-0.39, 0.29) is 0 Å². The molecule has 0 unspecified atom stereocenters. The van der Waals surface area contributed by atoms with Gasteiger partial charge in [0.05, 0.1) is 11.0 Å². The molecule has 0 fully saturated rings. The fourth-order valence-corrected chi connectivity index (χ4v) is 6.02. The highest BCUT2D eigenvalue weighted by molar-refractivity contribution is 6.17. The van der Waals surface area contributed by atoms with Crippen LogP contribution in [0.2, 0.25) is 0 Å². The quantitative estimate of drug-likeness (QED) is 0.213. The van der Waals surface area contributed by atoms with Crippen LogP contribution in [0.3, 0.4) is 0 Å². The summed E-state index contributed by atoms with van der Waals surface area (Å²) in [6.07, 6.45) is 1.85. The molecule has 0 saturated heterocycles. The summed E-state index contributed by atoms with van der Waals surface area (Å²) in [6, 6.07) is 45.0. The zero-order valence-corrected chi connectivity index (χ0v) is 23.4. The van der Waals surface area contributed by atoms with Crippen LogP contribution >= 0.6 is 0 Å². The van der Waals surface area contributed by atoms with Crippen LogP contribution in [-0.4, -0.2) is 24.5 Å². The van der Waals surface area contributed by atoms with E-state index in [0.29, 0.717) is 17.5 Å². The maximum Gasteiger partial charge on any atom is 0.165 e. The summed E-state index contributed by atoms with van der Waals surface area (Å²) in [4.78, 5) is 19.5. The zero-order chi connectivity index (χ0) is 29.0. The van der Waals surface area contributed by atoms with Crippen LogP contribution in [0, 0.1) is 0 Å². The molecule has 0 aliphatic carbocycles. The minimum atomic E-state index is 0.575. The van der Waals surface area contributed by atoms with Crippen LogP contribution in [0.15, 0.2) is 144 Å². The average Bonchev–Trinajstić information content (AvgIpc) is 3.63. The Kier molecular flexibility index (Phi) is 5.40. The van der Waals surface area contributed by atoms with Gasteiger partial charge in [0.25, 0.3) is 0 Å². The van der Waals surface area contributed by atoms with Gasteiger partial charge in [-0.3, -0.25) is 4.57 Å². The van der Waals surface area contributed by atoms with Gasteiger partial charge in [-0.05, 0) is 36.4 Å². The standard InChI is InChI=1S/C38H23N5O/c1-3-11-24(12-4-1)36-40-37(25-13-5-2-6-14-25)42-38(41-36)26-19-20-35(39-23-26)43-31-17-9-7-15-27(31)29-22-34-30(21-32(29)43)28-16-8-10-18-33(28)44-34/h1-23H. The summed E-state index contributed by atoms with van der Waals surface area (Å²) in [5.41, 5.74) is 6.59. The summed E-state index contributed by atoms with van der Waals surface area (Å²) >= 11 is 0. The third kappa shape index (κ3) is 3.89. The van der Waals surface area contributed by atoms with Crippen LogP contribution in [0.1, 0.15) is 0 Å². The fourth-order valence-electron chi connectivity index (χ4n) is 6.02. The molecule has 9 rings (SSSR count). The molecule has 206 valence electrons. The Hall–Kier alpha value is -6.14. The topological polar surface area (TPSA) is 69.6 Å². The molecule has 6 nitrogen and oxygen atoms in total. The lowest BCUT2D eigenvalue weighted by Gasteiger charge is -2.10. The SMILES string of the molecule is c1ccc(-c2nc(-c3ccccc3)nc(-c3ccc(-n4c5ccccc5c5cc6oc7ccccc7c6cc54)nc3)n2)cc1. The Balaban J connectivity index is 1.21. The van der Waals surface area contributed by atoms with Crippen molar-refractivity contribution >= 4 is 43.7 Å². The van der Waals surface area contributed by atoms with Crippen LogP contribution in [0.25, 0.3) is 83.7 Å². The van der Waals surface area contributed by atoms with Gasteiger partial charge in [-0.25, -0.2) is 19.9 Å². The van der Waals surface area contributed by atoms with Crippen molar-refractivity contribution in [1.29, 1.82) is 0 Å². The van der Waals surface area contributed by atoms with Gasteiger partial charge in [0.1, 0.15) is 17.0 Å². The van der Waals surface area contributed by atoms with Gasteiger partial charge in [0.2, 0.25) is 0 Å². The van der Waals surface area contributed by atoms with Crippen LogP contribution in [-0.2, 0) is 0 Å². The van der Waals surface area contributed by atoms with E-state index in [1.54, 1.807) is 0 Å². The number of hydrogen-bond acceptors (Lipinski definition) is 5. The van der Waals surface area contributed by atoms with Crippen LogP contribution in [0.4, 0.5) is 0 Å². The van der Waals surface area contributed by atoms with E-state index in [4.69, 9.17) is 24.4 Å². The number of benzene rings is 5. The molecule has 0 bridgehead atoms. The molecule has 6 heteroatoms. The van der Waals surface area contributed by atoms with E-state index < -0.39 is 0 Å². The van der Waals surface area contributed by atoms with Crippen molar-refractivity contribution in [2.24, 2.45) is 0 Å². The molecular formula is C38H23N5O. The number of furan rings is 1. The lowest BCUT2D eigenvalue weighted by molar-refractivity contribution is 0.669. The molecule has 0 aliphatic heterocycles. The summed E-state index contributed by atoms with van der Waals surface area (Å²) in [5, 5.41) is 4.45. The monoisotopic (exact) mass is 565 g/mol. The number of pyridine rings is 1. The van der Waals surface area contributed by atoms with Crippen molar-refractivity contribution < 1.29 is 4.42 Å². The number of rotatable bonds is 4. The van der Waals surface area contributed by atoms with E-state index in [1.807, 2.05) is 97.2 Å². The second-order valence-electron chi connectivity index (χ2n) is 10.8. The fraction of sp³-hybridized carbons (Fsp3) is 0. The van der Waals surface area contributed by atoms with Gasteiger partial charge >= 0.3 is 0 Å². The molecule has 4 heterocycles. The van der Waals surface area contributed by atoms with Crippen molar-refractivity contribution in [3.63, 3.8) is 0 Å². The number of aromatic nitrogens is 5. The maximum absolute atomic E-state index is 6.23. The van der Waals surface area contributed by atoms with E-state index in [2.05, 4.69) is 47.0 Å². The number of para-hydroxylation sites is 2. The lowest BCUT2D eigenvalue weighted by Crippen LogP contribution is -2.01. The van der Waals surface area contributed by atoms with Gasteiger partial charge < -0.3 is 4.42 Å². The Labute approximate surface area is 251 Å². The largest absolute Gasteiger partial charge is 0.456 e.